The molecule has 0 saturated heterocycles. The highest BCUT2D eigenvalue weighted by atomic mass is 19.4. The Kier molecular flexibility index (Phi) is 2.26. The zero-order valence-corrected chi connectivity index (χ0v) is 6.26. The standard InChI is InChI=1S/C6H5F3N2O2/c7-6(8,9)3-11-5(13)2-1-4(12)10-11/h1-2H,3H2,(H,10,12). The van der Waals surface area contributed by atoms with Crippen molar-refractivity contribution in [3.63, 3.8) is 0 Å². The fourth-order valence-corrected chi connectivity index (χ4v) is 0.759. The van der Waals surface area contributed by atoms with Crippen molar-refractivity contribution in [1.29, 1.82) is 0 Å². The van der Waals surface area contributed by atoms with E-state index in [1.807, 2.05) is 0 Å². The number of halogens is 3. The van der Waals surface area contributed by atoms with Gasteiger partial charge in [-0.1, -0.05) is 0 Å². The third kappa shape index (κ3) is 2.77. The summed E-state index contributed by atoms with van der Waals surface area (Å²) in [7, 11) is 0. The van der Waals surface area contributed by atoms with Gasteiger partial charge in [-0.25, -0.2) is 4.68 Å². The summed E-state index contributed by atoms with van der Waals surface area (Å²) in [6, 6.07) is 1.65. The third-order valence-electron chi connectivity index (χ3n) is 1.23. The molecule has 1 heterocycles. The zero-order chi connectivity index (χ0) is 10.1. The van der Waals surface area contributed by atoms with Crippen LogP contribution < -0.4 is 11.1 Å². The van der Waals surface area contributed by atoms with Gasteiger partial charge < -0.3 is 0 Å². The first-order valence-electron chi connectivity index (χ1n) is 3.25. The van der Waals surface area contributed by atoms with Crippen molar-refractivity contribution in [1.82, 2.24) is 9.78 Å². The maximum atomic E-state index is 11.8. The number of hydrogen-bond donors (Lipinski definition) is 1. The van der Waals surface area contributed by atoms with Crippen LogP contribution in [-0.2, 0) is 6.54 Å². The lowest BCUT2D eigenvalue weighted by Gasteiger charge is -2.07. The lowest BCUT2D eigenvalue weighted by atomic mass is 10.5. The van der Waals surface area contributed by atoms with Crippen LogP contribution in [0, 0.1) is 0 Å². The van der Waals surface area contributed by atoms with E-state index in [1.54, 1.807) is 5.10 Å². The number of hydrogen-bond acceptors (Lipinski definition) is 2. The summed E-state index contributed by atoms with van der Waals surface area (Å²) >= 11 is 0. The summed E-state index contributed by atoms with van der Waals surface area (Å²) in [5.41, 5.74) is -1.64. The van der Waals surface area contributed by atoms with Crippen LogP contribution in [0.15, 0.2) is 21.7 Å². The Bertz CT molecular complexity index is 403. The fourth-order valence-electron chi connectivity index (χ4n) is 0.759. The highest BCUT2D eigenvalue weighted by Crippen LogP contribution is 2.15. The molecule has 0 saturated carbocycles. The minimum Gasteiger partial charge on any atom is -0.268 e. The summed E-state index contributed by atoms with van der Waals surface area (Å²) in [6.45, 7) is -1.48. The second-order valence-corrected chi connectivity index (χ2v) is 2.35. The number of aromatic nitrogens is 2. The van der Waals surface area contributed by atoms with E-state index in [1.165, 1.54) is 0 Å². The maximum absolute atomic E-state index is 11.8. The monoisotopic (exact) mass is 194 g/mol. The van der Waals surface area contributed by atoms with Gasteiger partial charge in [0.2, 0.25) is 0 Å². The van der Waals surface area contributed by atoms with E-state index in [-0.39, 0.29) is 4.68 Å². The van der Waals surface area contributed by atoms with Crippen LogP contribution in [0.1, 0.15) is 0 Å². The molecule has 1 N–H and O–H groups in total. The lowest BCUT2D eigenvalue weighted by Crippen LogP contribution is -2.33. The average Bonchev–Trinajstić information content (AvgIpc) is 1.94. The van der Waals surface area contributed by atoms with E-state index in [2.05, 4.69) is 0 Å². The second-order valence-electron chi connectivity index (χ2n) is 2.35. The molecule has 0 fully saturated rings. The summed E-state index contributed by atoms with van der Waals surface area (Å²) in [6.07, 6.45) is -4.52. The van der Waals surface area contributed by atoms with Crippen molar-refractivity contribution in [2.75, 3.05) is 0 Å². The molecular formula is C6H5F3N2O2. The minimum absolute atomic E-state index is 0.211. The molecule has 72 valence electrons. The van der Waals surface area contributed by atoms with Crippen LogP contribution >= 0.6 is 0 Å². The molecule has 0 bridgehead atoms. The SMILES string of the molecule is O=c1ccc(=O)n(CC(F)(F)F)[nH]1. The van der Waals surface area contributed by atoms with E-state index in [0.717, 1.165) is 12.1 Å². The molecular weight excluding hydrogens is 189 g/mol. The van der Waals surface area contributed by atoms with Gasteiger partial charge in [0, 0.05) is 12.1 Å². The smallest absolute Gasteiger partial charge is 0.268 e. The van der Waals surface area contributed by atoms with Crippen LogP contribution in [0.4, 0.5) is 13.2 Å². The molecule has 4 nitrogen and oxygen atoms in total. The van der Waals surface area contributed by atoms with Gasteiger partial charge in [-0.3, -0.25) is 14.7 Å². The third-order valence-corrected chi connectivity index (χ3v) is 1.23. The van der Waals surface area contributed by atoms with Gasteiger partial charge in [-0.05, 0) is 0 Å². The van der Waals surface area contributed by atoms with Crippen LogP contribution in [0.25, 0.3) is 0 Å². The number of nitrogens with zero attached hydrogens (tertiary/aromatic N) is 1. The fraction of sp³-hybridized carbons (Fsp3) is 0.333. The van der Waals surface area contributed by atoms with Gasteiger partial charge >= 0.3 is 6.18 Å². The predicted octanol–water partition coefficient (Wildman–Crippen LogP) is 0.0989. The van der Waals surface area contributed by atoms with E-state index < -0.39 is 23.8 Å². The van der Waals surface area contributed by atoms with Crippen LogP contribution in [-0.4, -0.2) is 16.0 Å². The summed E-state index contributed by atoms with van der Waals surface area (Å²) in [5.74, 6) is 0. The molecule has 0 radical (unpaired) electrons. The van der Waals surface area contributed by atoms with Gasteiger partial charge in [0.25, 0.3) is 11.1 Å². The average molecular weight is 194 g/mol. The Labute approximate surface area is 69.6 Å². The molecule has 0 amide bonds. The Morgan fingerprint density at radius 1 is 1.31 bits per heavy atom. The number of rotatable bonds is 1. The van der Waals surface area contributed by atoms with Gasteiger partial charge in [0.05, 0.1) is 0 Å². The molecule has 0 aliphatic carbocycles. The quantitative estimate of drug-likeness (QED) is 0.689. The van der Waals surface area contributed by atoms with Gasteiger partial charge in [-0.2, -0.15) is 13.2 Å². The molecule has 1 aromatic heterocycles. The highest BCUT2D eigenvalue weighted by Gasteiger charge is 2.28. The molecule has 0 aromatic carbocycles. The van der Waals surface area contributed by atoms with E-state index in [0.29, 0.717) is 0 Å². The molecule has 0 atom stereocenters. The molecule has 1 aromatic rings. The maximum Gasteiger partial charge on any atom is 0.408 e. The van der Waals surface area contributed by atoms with Crippen molar-refractivity contribution in [3.05, 3.63) is 32.8 Å². The van der Waals surface area contributed by atoms with E-state index in [4.69, 9.17) is 0 Å². The first-order valence-corrected chi connectivity index (χ1v) is 3.25. The normalized spacial score (nSPS) is 11.6. The van der Waals surface area contributed by atoms with Crippen LogP contribution in [0.3, 0.4) is 0 Å². The number of H-pyrrole nitrogens is 1. The summed E-state index contributed by atoms with van der Waals surface area (Å²) in [4.78, 5) is 21.3. The van der Waals surface area contributed by atoms with Gasteiger partial charge in [0.15, 0.2) is 0 Å². The molecule has 0 aliphatic rings. The molecule has 0 spiro atoms. The number of aromatic amines is 1. The van der Waals surface area contributed by atoms with E-state index in [9.17, 15) is 22.8 Å². The van der Waals surface area contributed by atoms with Crippen LogP contribution in [0.2, 0.25) is 0 Å². The van der Waals surface area contributed by atoms with Crippen molar-refractivity contribution >= 4 is 0 Å². The first-order chi connectivity index (χ1) is 5.88. The Balaban J connectivity index is 3.08. The Hall–Kier alpha value is -1.53. The summed E-state index contributed by atoms with van der Waals surface area (Å²) < 4.78 is 35.5. The molecule has 0 aliphatic heterocycles. The molecule has 7 heteroatoms. The number of alkyl halides is 3. The Morgan fingerprint density at radius 2 is 1.92 bits per heavy atom. The van der Waals surface area contributed by atoms with Gasteiger partial charge in [0.1, 0.15) is 6.54 Å². The second kappa shape index (κ2) is 3.08. The van der Waals surface area contributed by atoms with Crippen molar-refractivity contribution < 1.29 is 13.2 Å². The summed E-state index contributed by atoms with van der Waals surface area (Å²) in [5, 5.41) is 1.76. The first kappa shape index (κ1) is 9.56. The zero-order valence-electron chi connectivity index (χ0n) is 6.26. The van der Waals surface area contributed by atoms with E-state index >= 15 is 0 Å². The predicted molar refractivity (Wildman–Crippen MR) is 37.4 cm³/mol. The van der Waals surface area contributed by atoms with Crippen molar-refractivity contribution in [2.45, 2.75) is 12.7 Å². The number of nitrogens with one attached hydrogen (secondary N) is 1. The van der Waals surface area contributed by atoms with Crippen molar-refractivity contribution in [3.8, 4) is 0 Å². The largest absolute Gasteiger partial charge is 0.408 e. The topological polar surface area (TPSA) is 54.9 Å². The Morgan fingerprint density at radius 3 is 2.46 bits per heavy atom. The molecule has 1 rings (SSSR count). The molecule has 0 unspecified atom stereocenters. The van der Waals surface area contributed by atoms with Crippen LogP contribution in [0.5, 0.6) is 0 Å². The molecule has 13 heavy (non-hydrogen) atoms. The van der Waals surface area contributed by atoms with Crippen molar-refractivity contribution in [2.24, 2.45) is 0 Å². The van der Waals surface area contributed by atoms with Gasteiger partial charge in [-0.15, -0.1) is 0 Å². The minimum atomic E-state index is -4.52. The highest BCUT2D eigenvalue weighted by molar-refractivity contribution is 4.86. The lowest BCUT2D eigenvalue weighted by molar-refractivity contribution is -0.143.